The van der Waals surface area contributed by atoms with Gasteiger partial charge in [-0.3, -0.25) is 4.79 Å². The summed E-state index contributed by atoms with van der Waals surface area (Å²) in [4.78, 5) is 13.5. The number of rotatable bonds is 3. The molecule has 4 heteroatoms. The molecule has 0 unspecified atom stereocenters. The van der Waals surface area contributed by atoms with Crippen LogP contribution in [-0.2, 0) is 0 Å². The first-order valence-electron chi connectivity index (χ1n) is 4.77. The Labute approximate surface area is 103 Å². The van der Waals surface area contributed by atoms with Gasteiger partial charge in [-0.05, 0) is 25.1 Å². The molecule has 0 aliphatic carbocycles. The Bertz CT molecular complexity index is 441. The first-order chi connectivity index (χ1) is 7.41. The van der Waals surface area contributed by atoms with Gasteiger partial charge >= 0.3 is 0 Å². The van der Waals surface area contributed by atoms with Gasteiger partial charge in [0, 0.05) is 30.3 Å². The lowest BCUT2D eigenvalue weighted by molar-refractivity contribution is 0.104. The molecule has 0 aliphatic rings. The predicted molar refractivity (Wildman–Crippen MR) is 65.9 cm³/mol. The maximum absolute atomic E-state index is 13.5. The van der Waals surface area contributed by atoms with E-state index >= 15 is 0 Å². The Kier molecular flexibility index (Phi) is 4.24. The van der Waals surface area contributed by atoms with Gasteiger partial charge in [0.15, 0.2) is 5.78 Å². The number of ketones is 1. The number of hydrogen-bond donors (Lipinski definition) is 0. The second-order valence-electron chi connectivity index (χ2n) is 3.67. The molecule has 1 rings (SSSR count). The Morgan fingerprint density at radius 1 is 1.44 bits per heavy atom. The summed E-state index contributed by atoms with van der Waals surface area (Å²) >= 11 is 3.14. The number of allylic oxidation sites excluding steroid dienone is 2. The van der Waals surface area contributed by atoms with Crippen molar-refractivity contribution in [3.05, 3.63) is 45.8 Å². The Hall–Kier alpha value is -1.16. The van der Waals surface area contributed by atoms with E-state index in [1.807, 2.05) is 14.1 Å². The van der Waals surface area contributed by atoms with Crippen LogP contribution in [0.1, 0.15) is 17.3 Å². The van der Waals surface area contributed by atoms with E-state index in [2.05, 4.69) is 15.9 Å². The fraction of sp³-hybridized carbons (Fsp3) is 0.250. The quantitative estimate of drug-likeness (QED) is 0.628. The molecular weight excluding hydrogens is 273 g/mol. The molecule has 2 nitrogen and oxygen atoms in total. The van der Waals surface area contributed by atoms with Gasteiger partial charge in [0.05, 0.1) is 5.56 Å². The summed E-state index contributed by atoms with van der Waals surface area (Å²) < 4.78 is 14.1. The van der Waals surface area contributed by atoms with E-state index in [0.29, 0.717) is 4.47 Å². The Morgan fingerprint density at radius 2 is 2.06 bits per heavy atom. The van der Waals surface area contributed by atoms with Crippen molar-refractivity contribution in [2.45, 2.75) is 6.92 Å². The first kappa shape index (κ1) is 12.9. The molecule has 0 heterocycles. The van der Waals surface area contributed by atoms with Crippen molar-refractivity contribution in [1.29, 1.82) is 0 Å². The van der Waals surface area contributed by atoms with E-state index in [0.717, 1.165) is 5.70 Å². The summed E-state index contributed by atoms with van der Waals surface area (Å²) in [5.74, 6) is -0.835. The van der Waals surface area contributed by atoms with Crippen LogP contribution in [0.4, 0.5) is 4.39 Å². The fourth-order valence-corrected chi connectivity index (χ4v) is 1.42. The van der Waals surface area contributed by atoms with E-state index < -0.39 is 5.82 Å². The van der Waals surface area contributed by atoms with Crippen LogP contribution in [0.3, 0.4) is 0 Å². The van der Waals surface area contributed by atoms with E-state index in [1.54, 1.807) is 17.9 Å². The van der Waals surface area contributed by atoms with Gasteiger partial charge in [-0.15, -0.1) is 0 Å². The van der Waals surface area contributed by atoms with Gasteiger partial charge in [0.1, 0.15) is 5.82 Å². The van der Waals surface area contributed by atoms with E-state index in [9.17, 15) is 9.18 Å². The molecule has 0 radical (unpaired) electrons. The standard InChI is InChI=1S/C12H13BrFNO/c1-8(15(2)3)6-12(16)10-5-4-9(13)7-11(10)14/h4-7H,1-3H3/b8-6+. The summed E-state index contributed by atoms with van der Waals surface area (Å²) in [7, 11) is 3.66. The van der Waals surface area contributed by atoms with E-state index in [1.165, 1.54) is 18.2 Å². The summed E-state index contributed by atoms with van der Waals surface area (Å²) in [5, 5.41) is 0. The molecule has 16 heavy (non-hydrogen) atoms. The number of carbonyl (C=O) groups excluding carboxylic acids is 1. The van der Waals surface area contributed by atoms with Crippen LogP contribution in [0.15, 0.2) is 34.4 Å². The summed E-state index contributed by atoms with van der Waals surface area (Å²) in [6, 6.07) is 4.41. The highest BCUT2D eigenvalue weighted by Gasteiger charge is 2.10. The van der Waals surface area contributed by atoms with Gasteiger partial charge < -0.3 is 4.90 Å². The number of carbonyl (C=O) groups is 1. The van der Waals surface area contributed by atoms with Crippen molar-refractivity contribution in [2.24, 2.45) is 0 Å². The lowest BCUT2D eigenvalue weighted by Crippen LogP contribution is -2.10. The van der Waals surface area contributed by atoms with Crippen molar-refractivity contribution < 1.29 is 9.18 Å². The second kappa shape index (κ2) is 5.25. The SMILES string of the molecule is C/C(=C\C(=O)c1ccc(Br)cc1F)N(C)C. The number of nitrogens with zero attached hydrogens (tertiary/aromatic N) is 1. The number of halogens is 2. The normalized spacial score (nSPS) is 11.4. The van der Waals surface area contributed by atoms with Crippen LogP contribution in [-0.4, -0.2) is 24.8 Å². The van der Waals surface area contributed by atoms with Crippen LogP contribution in [0, 0.1) is 5.82 Å². The lowest BCUT2D eigenvalue weighted by Gasteiger charge is -2.11. The van der Waals surface area contributed by atoms with Crippen LogP contribution in [0.2, 0.25) is 0 Å². The molecule has 1 aromatic rings. The van der Waals surface area contributed by atoms with Crippen molar-refractivity contribution in [2.75, 3.05) is 14.1 Å². The molecule has 0 saturated heterocycles. The molecular formula is C12H13BrFNO. The maximum atomic E-state index is 13.5. The largest absolute Gasteiger partial charge is 0.381 e. The molecule has 86 valence electrons. The van der Waals surface area contributed by atoms with Gasteiger partial charge in [0.2, 0.25) is 0 Å². The third-order valence-corrected chi connectivity index (χ3v) is 2.74. The fourth-order valence-electron chi connectivity index (χ4n) is 1.09. The van der Waals surface area contributed by atoms with Crippen LogP contribution < -0.4 is 0 Å². The van der Waals surface area contributed by atoms with Gasteiger partial charge in [0.25, 0.3) is 0 Å². The molecule has 0 aromatic heterocycles. The Morgan fingerprint density at radius 3 is 2.56 bits per heavy atom. The molecule has 0 spiro atoms. The smallest absolute Gasteiger partial charge is 0.190 e. The minimum absolute atomic E-state index is 0.0874. The first-order valence-corrected chi connectivity index (χ1v) is 5.56. The third kappa shape index (κ3) is 3.17. The Balaban J connectivity index is 3.02. The summed E-state index contributed by atoms with van der Waals surface area (Å²) in [6.45, 7) is 1.80. The highest BCUT2D eigenvalue weighted by atomic mass is 79.9. The molecule has 0 N–H and O–H groups in total. The summed E-state index contributed by atoms with van der Waals surface area (Å²) in [6.07, 6.45) is 1.42. The van der Waals surface area contributed by atoms with Gasteiger partial charge in [-0.25, -0.2) is 4.39 Å². The predicted octanol–water partition coefficient (Wildman–Crippen LogP) is 3.24. The topological polar surface area (TPSA) is 20.3 Å². The zero-order valence-electron chi connectivity index (χ0n) is 9.42. The van der Waals surface area contributed by atoms with Crippen molar-refractivity contribution in [1.82, 2.24) is 4.90 Å². The van der Waals surface area contributed by atoms with Crippen LogP contribution in [0.5, 0.6) is 0 Å². The second-order valence-corrected chi connectivity index (χ2v) is 4.58. The average molecular weight is 286 g/mol. The molecule has 1 aromatic carbocycles. The lowest BCUT2D eigenvalue weighted by atomic mass is 10.1. The zero-order valence-corrected chi connectivity index (χ0v) is 11.0. The van der Waals surface area contributed by atoms with E-state index in [-0.39, 0.29) is 11.3 Å². The number of benzene rings is 1. The third-order valence-electron chi connectivity index (χ3n) is 2.24. The van der Waals surface area contributed by atoms with Crippen LogP contribution >= 0.6 is 15.9 Å². The van der Waals surface area contributed by atoms with Gasteiger partial charge in [-0.1, -0.05) is 15.9 Å². The molecule has 0 aliphatic heterocycles. The highest BCUT2D eigenvalue weighted by molar-refractivity contribution is 9.10. The zero-order chi connectivity index (χ0) is 12.3. The minimum atomic E-state index is -0.512. The molecule has 0 bridgehead atoms. The molecule has 0 amide bonds. The molecule has 0 atom stereocenters. The average Bonchev–Trinajstić information content (AvgIpc) is 2.16. The molecule has 0 fully saturated rings. The van der Waals surface area contributed by atoms with Crippen molar-refractivity contribution in [3.63, 3.8) is 0 Å². The summed E-state index contributed by atoms with van der Waals surface area (Å²) in [5.41, 5.74) is 0.872. The van der Waals surface area contributed by atoms with Crippen molar-refractivity contribution in [3.8, 4) is 0 Å². The monoisotopic (exact) mass is 285 g/mol. The van der Waals surface area contributed by atoms with Gasteiger partial charge in [-0.2, -0.15) is 0 Å². The minimum Gasteiger partial charge on any atom is -0.381 e. The van der Waals surface area contributed by atoms with Crippen molar-refractivity contribution >= 4 is 21.7 Å². The molecule has 0 saturated carbocycles. The highest BCUT2D eigenvalue weighted by Crippen LogP contribution is 2.16. The van der Waals surface area contributed by atoms with E-state index in [4.69, 9.17) is 0 Å². The van der Waals surface area contributed by atoms with Crippen LogP contribution in [0.25, 0.3) is 0 Å². The maximum Gasteiger partial charge on any atom is 0.190 e. The number of hydrogen-bond acceptors (Lipinski definition) is 2.